The third-order valence-corrected chi connectivity index (χ3v) is 4.52. The summed E-state index contributed by atoms with van der Waals surface area (Å²) in [4.78, 5) is 12.0. The fraction of sp³-hybridized carbons (Fsp3) is 0.412. The first kappa shape index (κ1) is 13.5. The highest BCUT2D eigenvalue weighted by atomic mass is 19.1. The maximum absolute atomic E-state index is 13.1. The molecule has 0 unspecified atom stereocenters. The number of carbonyl (C=O) groups excluding carboxylic acids is 1. The Labute approximate surface area is 128 Å². The summed E-state index contributed by atoms with van der Waals surface area (Å²) in [7, 11) is 0. The molecule has 1 fully saturated rings. The van der Waals surface area contributed by atoms with Crippen LogP contribution in [0.15, 0.2) is 30.5 Å². The molecule has 5 heteroatoms. The van der Waals surface area contributed by atoms with Crippen LogP contribution in [0.1, 0.15) is 43.0 Å². The van der Waals surface area contributed by atoms with Gasteiger partial charge in [0.05, 0.1) is 17.9 Å². The van der Waals surface area contributed by atoms with Crippen LogP contribution in [-0.4, -0.2) is 15.7 Å². The highest BCUT2D eigenvalue weighted by molar-refractivity contribution is 5.81. The van der Waals surface area contributed by atoms with Crippen molar-refractivity contribution in [3.63, 3.8) is 0 Å². The van der Waals surface area contributed by atoms with Gasteiger partial charge in [-0.1, -0.05) is 0 Å². The molecule has 0 radical (unpaired) electrons. The fourth-order valence-electron chi connectivity index (χ4n) is 3.15. The van der Waals surface area contributed by atoms with Crippen molar-refractivity contribution in [2.75, 3.05) is 0 Å². The lowest BCUT2D eigenvalue weighted by Gasteiger charge is -2.24. The van der Waals surface area contributed by atoms with Crippen molar-refractivity contribution in [1.82, 2.24) is 15.1 Å². The number of fused-ring (bicyclic) bond motifs is 1. The highest BCUT2D eigenvalue weighted by Gasteiger charge is 2.33. The van der Waals surface area contributed by atoms with Gasteiger partial charge in [0, 0.05) is 17.2 Å². The SMILES string of the molecule is O=C(N[C@@H]1CCCc2c1cnn2-c1ccc(F)cc1)C1CC1. The quantitative estimate of drug-likeness (QED) is 0.947. The van der Waals surface area contributed by atoms with Crippen molar-refractivity contribution >= 4 is 5.91 Å². The van der Waals surface area contributed by atoms with Gasteiger partial charge < -0.3 is 5.32 Å². The van der Waals surface area contributed by atoms with Crippen molar-refractivity contribution in [2.24, 2.45) is 5.92 Å². The largest absolute Gasteiger partial charge is 0.349 e. The number of rotatable bonds is 3. The summed E-state index contributed by atoms with van der Waals surface area (Å²) in [6.07, 6.45) is 6.79. The van der Waals surface area contributed by atoms with Crippen molar-refractivity contribution in [2.45, 2.75) is 38.1 Å². The zero-order chi connectivity index (χ0) is 15.1. The molecule has 2 aliphatic carbocycles. The number of nitrogens with zero attached hydrogens (tertiary/aromatic N) is 2. The van der Waals surface area contributed by atoms with Gasteiger partial charge in [-0.25, -0.2) is 9.07 Å². The van der Waals surface area contributed by atoms with Crippen LogP contribution in [0.2, 0.25) is 0 Å². The minimum atomic E-state index is -0.251. The summed E-state index contributed by atoms with van der Waals surface area (Å²) in [5, 5.41) is 7.62. The van der Waals surface area contributed by atoms with E-state index in [0.29, 0.717) is 0 Å². The van der Waals surface area contributed by atoms with Crippen molar-refractivity contribution in [3.05, 3.63) is 47.5 Å². The molecule has 1 atom stereocenters. The zero-order valence-electron chi connectivity index (χ0n) is 12.3. The average molecular weight is 299 g/mol. The number of hydrogen-bond acceptors (Lipinski definition) is 2. The van der Waals surface area contributed by atoms with Gasteiger partial charge in [-0.3, -0.25) is 4.79 Å². The van der Waals surface area contributed by atoms with E-state index in [1.807, 2.05) is 10.9 Å². The van der Waals surface area contributed by atoms with Gasteiger partial charge in [-0.05, 0) is 56.4 Å². The molecule has 0 spiro atoms. The maximum Gasteiger partial charge on any atom is 0.223 e. The molecule has 1 saturated carbocycles. The summed E-state index contributed by atoms with van der Waals surface area (Å²) in [6.45, 7) is 0. The second-order valence-corrected chi connectivity index (χ2v) is 6.16. The normalized spacial score (nSPS) is 20.5. The topological polar surface area (TPSA) is 46.9 Å². The van der Waals surface area contributed by atoms with Crippen LogP contribution in [0.4, 0.5) is 4.39 Å². The van der Waals surface area contributed by atoms with Gasteiger partial charge in [0.15, 0.2) is 0 Å². The minimum absolute atomic E-state index is 0.0612. The van der Waals surface area contributed by atoms with E-state index >= 15 is 0 Å². The first-order valence-electron chi connectivity index (χ1n) is 7.85. The highest BCUT2D eigenvalue weighted by Crippen LogP contribution is 2.34. The van der Waals surface area contributed by atoms with Crippen molar-refractivity contribution in [1.29, 1.82) is 0 Å². The van der Waals surface area contributed by atoms with Crippen LogP contribution in [0.25, 0.3) is 5.69 Å². The Morgan fingerprint density at radius 1 is 1.23 bits per heavy atom. The lowest BCUT2D eigenvalue weighted by Crippen LogP contribution is -2.31. The summed E-state index contributed by atoms with van der Waals surface area (Å²) in [5.74, 6) is 0.143. The van der Waals surface area contributed by atoms with Gasteiger partial charge in [0.2, 0.25) is 5.91 Å². The summed E-state index contributed by atoms with van der Waals surface area (Å²) < 4.78 is 14.9. The third kappa shape index (κ3) is 2.40. The van der Waals surface area contributed by atoms with Gasteiger partial charge >= 0.3 is 0 Å². The van der Waals surface area contributed by atoms with Crippen molar-refractivity contribution in [3.8, 4) is 5.69 Å². The molecule has 1 N–H and O–H groups in total. The molecule has 1 aromatic heterocycles. The Kier molecular flexibility index (Phi) is 3.21. The van der Waals surface area contributed by atoms with Crippen LogP contribution >= 0.6 is 0 Å². The van der Waals surface area contributed by atoms with E-state index in [4.69, 9.17) is 0 Å². The molecule has 0 saturated heterocycles. The van der Waals surface area contributed by atoms with Crippen LogP contribution < -0.4 is 5.32 Å². The lowest BCUT2D eigenvalue weighted by atomic mass is 9.92. The van der Waals surface area contributed by atoms with Gasteiger partial charge in [0.25, 0.3) is 0 Å². The number of nitrogens with one attached hydrogen (secondary N) is 1. The number of carbonyl (C=O) groups is 1. The zero-order valence-corrected chi connectivity index (χ0v) is 12.3. The lowest BCUT2D eigenvalue weighted by molar-refractivity contribution is -0.123. The first-order chi connectivity index (χ1) is 10.7. The Bertz CT molecular complexity index is 703. The molecule has 1 aromatic carbocycles. The predicted octanol–water partition coefficient (Wildman–Crippen LogP) is 2.92. The second kappa shape index (κ2) is 5.23. The second-order valence-electron chi connectivity index (χ2n) is 6.16. The monoisotopic (exact) mass is 299 g/mol. The molecule has 1 amide bonds. The maximum atomic E-state index is 13.1. The number of amides is 1. The molecule has 0 aliphatic heterocycles. The molecular formula is C17H18FN3O. The Balaban J connectivity index is 1.63. The molecule has 0 bridgehead atoms. The number of benzene rings is 1. The van der Waals surface area contributed by atoms with Gasteiger partial charge in [-0.15, -0.1) is 0 Å². The Morgan fingerprint density at radius 2 is 2.00 bits per heavy atom. The Morgan fingerprint density at radius 3 is 2.73 bits per heavy atom. The van der Waals surface area contributed by atoms with E-state index in [9.17, 15) is 9.18 Å². The van der Waals surface area contributed by atoms with Crippen LogP contribution in [0, 0.1) is 11.7 Å². The third-order valence-electron chi connectivity index (χ3n) is 4.52. The molecular weight excluding hydrogens is 281 g/mol. The Hall–Kier alpha value is -2.17. The van der Waals surface area contributed by atoms with E-state index in [1.54, 1.807) is 12.1 Å². The molecule has 2 aromatic rings. The molecule has 4 nitrogen and oxygen atoms in total. The van der Waals surface area contributed by atoms with Gasteiger partial charge in [-0.2, -0.15) is 5.10 Å². The van der Waals surface area contributed by atoms with E-state index < -0.39 is 0 Å². The van der Waals surface area contributed by atoms with E-state index in [-0.39, 0.29) is 23.7 Å². The molecule has 22 heavy (non-hydrogen) atoms. The molecule has 1 heterocycles. The van der Waals surface area contributed by atoms with Crippen LogP contribution in [0.3, 0.4) is 0 Å². The van der Waals surface area contributed by atoms with Crippen molar-refractivity contribution < 1.29 is 9.18 Å². The van der Waals surface area contributed by atoms with Crippen LogP contribution in [0.5, 0.6) is 0 Å². The average Bonchev–Trinajstić information content (AvgIpc) is 3.29. The predicted molar refractivity (Wildman–Crippen MR) is 80.1 cm³/mol. The fourth-order valence-corrected chi connectivity index (χ4v) is 3.15. The first-order valence-corrected chi connectivity index (χ1v) is 7.85. The van der Waals surface area contributed by atoms with E-state index in [1.165, 1.54) is 12.1 Å². The molecule has 2 aliphatic rings. The van der Waals surface area contributed by atoms with Gasteiger partial charge in [0.1, 0.15) is 5.82 Å². The van der Waals surface area contributed by atoms with E-state index in [2.05, 4.69) is 10.4 Å². The summed E-state index contributed by atoms with van der Waals surface area (Å²) in [5.41, 5.74) is 3.08. The van der Waals surface area contributed by atoms with E-state index in [0.717, 1.165) is 49.0 Å². The smallest absolute Gasteiger partial charge is 0.223 e. The standard InChI is InChI=1S/C17H18FN3O/c18-12-6-8-13(9-7-12)21-16-3-1-2-15(14(16)10-19-21)20-17(22)11-4-5-11/h6-11,15H,1-5H2,(H,20,22)/t15-/m1/s1. The minimum Gasteiger partial charge on any atom is -0.349 e. The number of aromatic nitrogens is 2. The number of halogens is 1. The molecule has 4 rings (SSSR count). The van der Waals surface area contributed by atoms with Crippen LogP contribution in [-0.2, 0) is 11.2 Å². The molecule has 114 valence electrons. The summed E-state index contributed by atoms with van der Waals surface area (Å²) >= 11 is 0. The number of hydrogen-bond donors (Lipinski definition) is 1. The summed E-state index contributed by atoms with van der Waals surface area (Å²) in [6, 6.07) is 6.41.